The van der Waals surface area contributed by atoms with Crippen LogP contribution in [0.4, 0.5) is 0 Å². The molecular formula is C31H41NO6. The highest BCUT2D eigenvalue weighted by atomic mass is 16.5. The molecule has 0 aromatic heterocycles. The summed E-state index contributed by atoms with van der Waals surface area (Å²) in [6.45, 7) is 6.82. The number of rotatable bonds is 16. The van der Waals surface area contributed by atoms with Crippen molar-refractivity contribution in [3.05, 3.63) is 71.8 Å². The van der Waals surface area contributed by atoms with E-state index in [4.69, 9.17) is 4.74 Å². The maximum absolute atomic E-state index is 13.3. The quantitative estimate of drug-likeness (QED) is 0.315. The smallest absolute Gasteiger partial charge is 0.312 e. The van der Waals surface area contributed by atoms with Crippen LogP contribution in [-0.2, 0) is 36.9 Å². The van der Waals surface area contributed by atoms with Crippen LogP contribution < -0.4 is 5.32 Å². The van der Waals surface area contributed by atoms with Crippen LogP contribution in [0.1, 0.15) is 64.5 Å². The van der Waals surface area contributed by atoms with Crippen molar-refractivity contribution in [2.75, 3.05) is 0 Å². The Hall–Kier alpha value is -3.32. The Balaban J connectivity index is 2.08. The highest BCUT2D eigenvalue weighted by Crippen LogP contribution is 2.20. The minimum atomic E-state index is -1.10. The van der Waals surface area contributed by atoms with Crippen molar-refractivity contribution in [3.8, 4) is 0 Å². The first-order chi connectivity index (χ1) is 18.1. The fraction of sp³-hybridized carbons (Fsp3) is 0.484. The van der Waals surface area contributed by atoms with Crippen LogP contribution in [0.5, 0.6) is 0 Å². The Morgan fingerprint density at radius 3 is 1.97 bits per heavy atom. The molecule has 2 aromatic rings. The second-order valence-corrected chi connectivity index (χ2v) is 10.4. The standard InChI is InChI=1S/C31H41NO6/c1-21(2)17-28(32-30(36)26(18-22(3)33)16-15-24-11-7-5-8-12-24)29(35)19-27(23(4)34)31(37)38-20-25-13-9-6-10-14-25/h5-14,21,23,26-28,34H,15-20H2,1-4H3,(H,32,36)/t23-,26-,27+,28+/m1/s1. The molecule has 0 saturated carbocycles. The van der Waals surface area contributed by atoms with Crippen LogP contribution in [0, 0.1) is 17.8 Å². The van der Waals surface area contributed by atoms with Crippen molar-refractivity contribution in [2.45, 2.75) is 78.6 Å². The largest absolute Gasteiger partial charge is 0.461 e. The monoisotopic (exact) mass is 523 g/mol. The van der Waals surface area contributed by atoms with Crippen LogP contribution in [0.15, 0.2) is 60.7 Å². The molecule has 2 aromatic carbocycles. The minimum Gasteiger partial charge on any atom is -0.461 e. The van der Waals surface area contributed by atoms with E-state index in [0.717, 1.165) is 11.1 Å². The van der Waals surface area contributed by atoms with Gasteiger partial charge in [-0.15, -0.1) is 0 Å². The second kappa shape index (κ2) is 15.8. The van der Waals surface area contributed by atoms with Gasteiger partial charge in [0.05, 0.1) is 18.1 Å². The lowest BCUT2D eigenvalue weighted by Crippen LogP contribution is -2.46. The van der Waals surface area contributed by atoms with E-state index in [0.29, 0.717) is 19.3 Å². The summed E-state index contributed by atoms with van der Waals surface area (Å²) >= 11 is 0. The number of hydrogen-bond donors (Lipinski definition) is 2. The Morgan fingerprint density at radius 1 is 0.868 bits per heavy atom. The number of Topliss-reactive ketones (excluding diaryl/α,β-unsaturated/α-hetero) is 2. The number of carbonyl (C=O) groups is 4. The van der Waals surface area contributed by atoms with Crippen molar-refractivity contribution in [2.24, 2.45) is 17.8 Å². The van der Waals surface area contributed by atoms with Crippen LogP contribution in [0.3, 0.4) is 0 Å². The number of carbonyl (C=O) groups excluding carboxylic acids is 4. The maximum Gasteiger partial charge on any atom is 0.312 e. The molecule has 1 amide bonds. The number of aliphatic hydroxyl groups excluding tert-OH is 1. The van der Waals surface area contributed by atoms with Gasteiger partial charge in [-0.2, -0.15) is 0 Å². The zero-order valence-electron chi connectivity index (χ0n) is 22.9. The Morgan fingerprint density at radius 2 is 1.45 bits per heavy atom. The number of nitrogens with one attached hydrogen (secondary N) is 1. The highest BCUT2D eigenvalue weighted by Gasteiger charge is 2.33. The lowest BCUT2D eigenvalue weighted by atomic mass is 9.89. The van der Waals surface area contributed by atoms with E-state index >= 15 is 0 Å². The molecular weight excluding hydrogens is 482 g/mol. The second-order valence-electron chi connectivity index (χ2n) is 10.4. The van der Waals surface area contributed by atoms with E-state index in [9.17, 15) is 24.3 Å². The summed E-state index contributed by atoms with van der Waals surface area (Å²) in [5, 5.41) is 13.1. The molecule has 0 aliphatic heterocycles. The Labute approximate surface area is 226 Å². The van der Waals surface area contributed by atoms with E-state index in [2.05, 4.69) is 5.32 Å². The van der Waals surface area contributed by atoms with Gasteiger partial charge in [0.2, 0.25) is 5.91 Å². The van der Waals surface area contributed by atoms with Crippen molar-refractivity contribution in [1.29, 1.82) is 0 Å². The first-order valence-corrected chi connectivity index (χ1v) is 13.3. The summed E-state index contributed by atoms with van der Waals surface area (Å²) in [5.74, 6) is -2.99. The molecule has 0 heterocycles. The number of amides is 1. The van der Waals surface area contributed by atoms with Crippen molar-refractivity contribution >= 4 is 23.4 Å². The maximum atomic E-state index is 13.3. The van der Waals surface area contributed by atoms with Gasteiger partial charge < -0.3 is 20.0 Å². The highest BCUT2D eigenvalue weighted by molar-refractivity contribution is 5.93. The van der Waals surface area contributed by atoms with Crippen LogP contribution in [-0.4, -0.2) is 40.7 Å². The first kappa shape index (κ1) is 30.9. The van der Waals surface area contributed by atoms with Gasteiger partial charge in [-0.05, 0) is 50.2 Å². The van der Waals surface area contributed by atoms with Gasteiger partial charge in [-0.1, -0.05) is 74.5 Å². The van der Waals surface area contributed by atoms with E-state index in [-0.39, 0.29) is 42.8 Å². The van der Waals surface area contributed by atoms with E-state index < -0.39 is 30.0 Å². The molecule has 7 nitrogen and oxygen atoms in total. The molecule has 38 heavy (non-hydrogen) atoms. The summed E-state index contributed by atoms with van der Waals surface area (Å²) in [7, 11) is 0. The normalized spacial score (nSPS) is 14.3. The lowest BCUT2D eigenvalue weighted by Gasteiger charge is -2.25. The van der Waals surface area contributed by atoms with Crippen LogP contribution in [0.25, 0.3) is 0 Å². The van der Waals surface area contributed by atoms with E-state index in [1.165, 1.54) is 13.8 Å². The molecule has 7 heteroatoms. The van der Waals surface area contributed by atoms with Gasteiger partial charge in [-0.25, -0.2) is 0 Å². The van der Waals surface area contributed by atoms with Gasteiger partial charge in [-0.3, -0.25) is 14.4 Å². The summed E-state index contributed by atoms with van der Waals surface area (Å²) < 4.78 is 5.37. The number of aliphatic hydroxyl groups is 1. The molecule has 0 aliphatic carbocycles. The van der Waals surface area contributed by atoms with Crippen molar-refractivity contribution in [1.82, 2.24) is 5.32 Å². The summed E-state index contributed by atoms with van der Waals surface area (Å²) in [6, 6.07) is 18.0. The fourth-order valence-corrected chi connectivity index (χ4v) is 4.34. The molecule has 0 spiro atoms. The topological polar surface area (TPSA) is 110 Å². The van der Waals surface area contributed by atoms with E-state index in [1.54, 1.807) is 0 Å². The van der Waals surface area contributed by atoms with Crippen LogP contribution in [0.2, 0.25) is 0 Å². The molecule has 2 rings (SSSR count). The van der Waals surface area contributed by atoms with Crippen molar-refractivity contribution < 1.29 is 29.0 Å². The fourth-order valence-electron chi connectivity index (χ4n) is 4.34. The van der Waals surface area contributed by atoms with Gasteiger partial charge in [0.25, 0.3) is 0 Å². The summed E-state index contributed by atoms with van der Waals surface area (Å²) in [4.78, 5) is 51.2. The number of ketones is 2. The number of benzene rings is 2. The summed E-state index contributed by atoms with van der Waals surface area (Å²) in [5.41, 5.74) is 1.87. The molecule has 2 N–H and O–H groups in total. The number of hydrogen-bond acceptors (Lipinski definition) is 6. The Bertz CT molecular complexity index is 1030. The Kier molecular flexibility index (Phi) is 12.9. The molecule has 0 aliphatic rings. The van der Waals surface area contributed by atoms with Crippen LogP contribution >= 0.6 is 0 Å². The predicted molar refractivity (Wildman–Crippen MR) is 146 cm³/mol. The average molecular weight is 524 g/mol. The number of aryl methyl sites for hydroxylation is 1. The number of ether oxygens (including phenoxy) is 1. The van der Waals surface area contributed by atoms with Gasteiger partial charge in [0.15, 0.2) is 5.78 Å². The molecule has 0 bridgehead atoms. The molecule has 4 atom stereocenters. The van der Waals surface area contributed by atoms with Crippen molar-refractivity contribution in [3.63, 3.8) is 0 Å². The predicted octanol–water partition coefficient (Wildman–Crippen LogP) is 4.45. The minimum absolute atomic E-state index is 0.0391. The molecule has 0 fully saturated rings. The molecule has 0 unspecified atom stereocenters. The number of esters is 1. The molecule has 206 valence electrons. The SMILES string of the molecule is CC(=O)C[C@@H](CCc1ccccc1)C(=O)N[C@@H](CC(C)C)C(=O)C[C@H](C(=O)OCc1ccccc1)[C@@H](C)O. The van der Waals surface area contributed by atoms with Gasteiger partial charge in [0, 0.05) is 18.8 Å². The molecule has 0 radical (unpaired) electrons. The third kappa shape index (κ3) is 11.0. The zero-order valence-corrected chi connectivity index (χ0v) is 22.9. The first-order valence-electron chi connectivity index (χ1n) is 13.3. The zero-order chi connectivity index (χ0) is 28.1. The van der Waals surface area contributed by atoms with Gasteiger partial charge >= 0.3 is 5.97 Å². The third-order valence-electron chi connectivity index (χ3n) is 6.47. The third-order valence-corrected chi connectivity index (χ3v) is 6.47. The average Bonchev–Trinajstić information content (AvgIpc) is 2.88. The van der Waals surface area contributed by atoms with E-state index in [1.807, 2.05) is 74.5 Å². The lowest BCUT2D eigenvalue weighted by molar-refractivity contribution is -0.155. The van der Waals surface area contributed by atoms with Gasteiger partial charge in [0.1, 0.15) is 12.4 Å². The molecule has 0 saturated heterocycles. The summed E-state index contributed by atoms with van der Waals surface area (Å²) in [6.07, 6.45) is 0.205.